The average Bonchev–Trinajstić information content (AvgIpc) is 2.05. The zero-order valence-corrected chi connectivity index (χ0v) is 8.64. The lowest BCUT2D eigenvalue weighted by molar-refractivity contribution is -0.119. The lowest BCUT2D eigenvalue weighted by Crippen LogP contribution is -2.28. The highest BCUT2D eigenvalue weighted by atomic mass is 35.5. The van der Waals surface area contributed by atoms with Gasteiger partial charge in [0.1, 0.15) is 4.87 Å². The SMILES string of the molecule is CC(=O)C(C)(Cl)Cc1ccccc1. The summed E-state index contributed by atoms with van der Waals surface area (Å²) < 4.78 is 0. The Hall–Kier alpha value is -0.820. The molecule has 0 saturated carbocycles. The monoisotopic (exact) mass is 196 g/mol. The van der Waals surface area contributed by atoms with Crippen LogP contribution in [-0.4, -0.2) is 10.7 Å². The van der Waals surface area contributed by atoms with Gasteiger partial charge in [0.2, 0.25) is 0 Å². The summed E-state index contributed by atoms with van der Waals surface area (Å²) in [6.45, 7) is 3.28. The zero-order valence-electron chi connectivity index (χ0n) is 7.88. The molecule has 1 aromatic carbocycles. The Balaban J connectivity index is 2.75. The van der Waals surface area contributed by atoms with Gasteiger partial charge in [-0.15, -0.1) is 11.6 Å². The fraction of sp³-hybridized carbons (Fsp3) is 0.364. The largest absolute Gasteiger partial charge is 0.298 e. The topological polar surface area (TPSA) is 17.1 Å². The first kappa shape index (κ1) is 10.3. The fourth-order valence-corrected chi connectivity index (χ4v) is 1.26. The van der Waals surface area contributed by atoms with Crippen molar-refractivity contribution < 1.29 is 4.79 Å². The van der Waals surface area contributed by atoms with Crippen LogP contribution in [0.5, 0.6) is 0 Å². The number of ketones is 1. The molecule has 0 radical (unpaired) electrons. The van der Waals surface area contributed by atoms with E-state index in [1.807, 2.05) is 30.3 Å². The molecule has 0 fully saturated rings. The Kier molecular flexibility index (Phi) is 3.10. The van der Waals surface area contributed by atoms with E-state index in [-0.39, 0.29) is 5.78 Å². The molecule has 1 atom stereocenters. The first-order valence-corrected chi connectivity index (χ1v) is 4.64. The zero-order chi connectivity index (χ0) is 9.90. The molecule has 1 unspecified atom stereocenters. The Labute approximate surface area is 83.7 Å². The predicted octanol–water partition coefficient (Wildman–Crippen LogP) is 2.82. The number of halogens is 1. The molecule has 0 aliphatic rings. The van der Waals surface area contributed by atoms with Crippen LogP contribution < -0.4 is 0 Å². The summed E-state index contributed by atoms with van der Waals surface area (Å²) in [6, 6.07) is 9.79. The van der Waals surface area contributed by atoms with Crippen LogP contribution in [0.3, 0.4) is 0 Å². The number of hydrogen-bond donors (Lipinski definition) is 0. The molecule has 0 N–H and O–H groups in total. The molecule has 0 heterocycles. The van der Waals surface area contributed by atoms with Crippen LogP contribution in [0.1, 0.15) is 19.4 Å². The Morgan fingerprint density at radius 2 is 1.92 bits per heavy atom. The van der Waals surface area contributed by atoms with E-state index < -0.39 is 4.87 Å². The van der Waals surface area contributed by atoms with Crippen molar-refractivity contribution in [2.75, 3.05) is 0 Å². The molecule has 1 aromatic rings. The predicted molar refractivity (Wildman–Crippen MR) is 55.1 cm³/mol. The summed E-state index contributed by atoms with van der Waals surface area (Å²) in [4.78, 5) is 10.4. The van der Waals surface area contributed by atoms with Gasteiger partial charge >= 0.3 is 0 Å². The molecular formula is C11H13ClO. The highest BCUT2D eigenvalue weighted by Gasteiger charge is 2.26. The second-order valence-corrected chi connectivity index (χ2v) is 4.25. The number of alkyl halides is 1. The van der Waals surface area contributed by atoms with E-state index in [4.69, 9.17) is 11.6 Å². The number of carbonyl (C=O) groups excluding carboxylic acids is 1. The molecule has 13 heavy (non-hydrogen) atoms. The van der Waals surface area contributed by atoms with Gasteiger partial charge in [-0.05, 0) is 25.8 Å². The molecule has 2 heteroatoms. The van der Waals surface area contributed by atoms with E-state index >= 15 is 0 Å². The van der Waals surface area contributed by atoms with Crippen molar-refractivity contribution in [2.45, 2.75) is 25.1 Å². The van der Waals surface area contributed by atoms with Gasteiger partial charge in [-0.3, -0.25) is 4.79 Å². The van der Waals surface area contributed by atoms with Gasteiger partial charge < -0.3 is 0 Å². The van der Waals surface area contributed by atoms with Crippen molar-refractivity contribution in [3.63, 3.8) is 0 Å². The van der Waals surface area contributed by atoms with Crippen LogP contribution in [0.25, 0.3) is 0 Å². The van der Waals surface area contributed by atoms with Crippen molar-refractivity contribution in [1.82, 2.24) is 0 Å². The van der Waals surface area contributed by atoms with Gasteiger partial charge in [0, 0.05) is 0 Å². The van der Waals surface area contributed by atoms with E-state index in [0.29, 0.717) is 6.42 Å². The van der Waals surface area contributed by atoms with Crippen molar-refractivity contribution in [3.8, 4) is 0 Å². The van der Waals surface area contributed by atoms with E-state index in [2.05, 4.69) is 0 Å². The number of benzene rings is 1. The van der Waals surface area contributed by atoms with E-state index in [0.717, 1.165) is 5.56 Å². The molecule has 0 aliphatic heterocycles. The fourth-order valence-electron chi connectivity index (χ4n) is 1.10. The minimum Gasteiger partial charge on any atom is -0.298 e. The van der Waals surface area contributed by atoms with E-state index in [1.165, 1.54) is 6.92 Å². The molecule has 0 saturated heterocycles. The van der Waals surface area contributed by atoms with Crippen LogP contribution in [0.2, 0.25) is 0 Å². The van der Waals surface area contributed by atoms with Crippen LogP contribution in [0.4, 0.5) is 0 Å². The lowest BCUT2D eigenvalue weighted by atomic mass is 9.97. The second kappa shape index (κ2) is 3.93. The maximum absolute atomic E-state index is 11.1. The van der Waals surface area contributed by atoms with Crippen LogP contribution >= 0.6 is 11.6 Å². The third kappa shape index (κ3) is 2.85. The Morgan fingerprint density at radius 3 is 2.38 bits per heavy atom. The van der Waals surface area contributed by atoms with E-state index in [9.17, 15) is 4.79 Å². The number of Topliss-reactive ketones (excluding diaryl/α,β-unsaturated/α-hetero) is 1. The third-order valence-corrected chi connectivity index (χ3v) is 2.51. The number of rotatable bonds is 3. The second-order valence-electron chi connectivity index (χ2n) is 3.42. The summed E-state index contributed by atoms with van der Waals surface area (Å²) in [5, 5.41) is 0. The molecule has 1 rings (SSSR count). The van der Waals surface area contributed by atoms with E-state index in [1.54, 1.807) is 6.92 Å². The normalized spacial score (nSPS) is 15.0. The standard InChI is InChI=1S/C11H13ClO/c1-9(13)11(2,12)8-10-6-4-3-5-7-10/h3-7H,8H2,1-2H3. The van der Waals surface area contributed by atoms with Crippen molar-refractivity contribution in [1.29, 1.82) is 0 Å². The van der Waals surface area contributed by atoms with Crippen LogP contribution in [-0.2, 0) is 11.2 Å². The molecule has 0 aliphatic carbocycles. The van der Waals surface area contributed by atoms with Crippen molar-refractivity contribution in [2.24, 2.45) is 0 Å². The summed E-state index contributed by atoms with van der Waals surface area (Å²) in [5.41, 5.74) is 1.09. The Bertz CT molecular complexity index is 290. The number of hydrogen-bond acceptors (Lipinski definition) is 1. The van der Waals surface area contributed by atoms with Crippen LogP contribution in [0.15, 0.2) is 30.3 Å². The lowest BCUT2D eigenvalue weighted by Gasteiger charge is -2.17. The summed E-state index contributed by atoms with van der Waals surface area (Å²) >= 11 is 6.06. The number of carbonyl (C=O) groups is 1. The van der Waals surface area contributed by atoms with Crippen LogP contribution in [0, 0.1) is 0 Å². The molecular weight excluding hydrogens is 184 g/mol. The average molecular weight is 197 g/mol. The Morgan fingerprint density at radius 1 is 1.38 bits per heavy atom. The summed E-state index contributed by atoms with van der Waals surface area (Å²) in [7, 11) is 0. The molecule has 70 valence electrons. The molecule has 0 aromatic heterocycles. The molecule has 0 amide bonds. The first-order chi connectivity index (χ1) is 6.02. The first-order valence-electron chi connectivity index (χ1n) is 4.26. The van der Waals surface area contributed by atoms with Crippen molar-refractivity contribution in [3.05, 3.63) is 35.9 Å². The van der Waals surface area contributed by atoms with Gasteiger partial charge in [0.15, 0.2) is 5.78 Å². The molecule has 0 spiro atoms. The summed E-state index contributed by atoms with van der Waals surface area (Å²) in [6.07, 6.45) is 0.588. The van der Waals surface area contributed by atoms with Crippen molar-refractivity contribution >= 4 is 17.4 Å². The quantitative estimate of drug-likeness (QED) is 0.680. The third-order valence-electron chi connectivity index (χ3n) is 2.11. The maximum atomic E-state index is 11.1. The van der Waals surface area contributed by atoms with Gasteiger partial charge in [0.25, 0.3) is 0 Å². The smallest absolute Gasteiger partial charge is 0.150 e. The minimum atomic E-state index is -0.763. The van der Waals surface area contributed by atoms with Gasteiger partial charge in [0.05, 0.1) is 0 Å². The summed E-state index contributed by atoms with van der Waals surface area (Å²) in [5.74, 6) is 0.0121. The minimum absolute atomic E-state index is 0.0121. The molecule has 0 bridgehead atoms. The molecule has 1 nitrogen and oxygen atoms in total. The maximum Gasteiger partial charge on any atom is 0.150 e. The highest BCUT2D eigenvalue weighted by Crippen LogP contribution is 2.21. The van der Waals surface area contributed by atoms with Gasteiger partial charge in [-0.1, -0.05) is 30.3 Å². The van der Waals surface area contributed by atoms with Gasteiger partial charge in [-0.2, -0.15) is 0 Å². The highest BCUT2D eigenvalue weighted by molar-refractivity contribution is 6.34. The van der Waals surface area contributed by atoms with Gasteiger partial charge in [-0.25, -0.2) is 0 Å².